The van der Waals surface area contributed by atoms with E-state index in [-0.39, 0.29) is 22.8 Å². The van der Waals surface area contributed by atoms with Gasteiger partial charge in [-0.05, 0) is 31.9 Å². The van der Waals surface area contributed by atoms with Crippen molar-refractivity contribution in [2.45, 2.75) is 44.0 Å². The van der Waals surface area contributed by atoms with E-state index >= 15 is 0 Å². The summed E-state index contributed by atoms with van der Waals surface area (Å²) >= 11 is 0. The molecule has 0 aliphatic carbocycles. The SMILES string of the molecule is CCC[C@@H](C)NS(=O)(=O)c1ccc(N2CC[C@@H](C(N)=O)C2)nc1. The van der Waals surface area contributed by atoms with Gasteiger partial charge in [0.25, 0.3) is 0 Å². The Morgan fingerprint density at radius 1 is 1.52 bits per heavy atom. The maximum absolute atomic E-state index is 12.3. The molecule has 1 aliphatic rings. The molecule has 0 spiro atoms. The van der Waals surface area contributed by atoms with Crippen LogP contribution in [0.4, 0.5) is 5.82 Å². The van der Waals surface area contributed by atoms with E-state index in [1.54, 1.807) is 12.1 Å². The van der Waals surface area contributed by atoms with Crippen molar-refractivity contribution in [2.75, 3.05) is 18.0 Å². The number of nitrogens with two attached hydrogens (primary N) is 1. The van der Waals surface area contributed by atoms with Gasteiger partial charge in [0.05, 0.1) is 5.92 Å². The molecule has 0 unspecified atom stereocenters. The molecule has 2 rings (SSSR count). The number of carbonyl (C=O) groups excluding carboxylic acids is 1. The number of nitrogens with one attached hydrogen (secondary N) is 1. The highest BCUT2D eigenvalue weighted by Crippen LogP contribution is 2.22. The molecule has 0 aromatic carbocycles. The zero-order chi connectivity index (χ0) is 17.0. The van der Waals surface area contributed by atoms with Gasteiger partial charge >= 0.3 is 0 Å². The van der Waals surface area contributed by atoms with E-state index in [0.29, 0.717) is 25.3 Å². The van der Waals surface area contributed by atoms with Crippen molar-refractivity contribution < 1.29 is 13.2 Å². The molecule has 2 atom stereocenters. The monoisotopic (exact) mass is 340 g/mol. The summed E-state index contributed by atoms with van der Waals surface area (Å²) in [5, 5.41) is 0. The predicted molar refractivity (Wildman–Crippen MR) is 88.4 cm³/mol. The number of nitrogens with zero attached hydrogens (tertiary/aromatic N) is 2. The lowest BCUT2D eigenvalue weighted by molar-refractivity contribution is -0.121. The van der Waals surface area contributed by atoms with E-state index in [0.717, 1.165) is 12.8 Å². The van der Waals surface area contributed by atoms with Crippen molar-refractivity contribution in [1.29, 1.82) is 0 Å². The van der Waals surface area contributed by atoms with Crippen LogP contribution in [0.1, 0.15) is 33.1 Å². The number of rotatable bonds is 7. The molecule has 1 saturated heterocycles. The summed E-state index contributed by atoms with van der Waals surface area (Å²) in [6, 6.07) is 3.10. The molecule has 1 fully saturated rings. The lowest BCUT2D eigenvalue weighted by Crippen LogP contribution is -2.32. The van der Waals surface area contributed by atoms with Crippen molar-refractivity contribution in [3.05, 3.63) is 18.3 Å². The van der Waals surface area contributed by atoms with Crippen LogP contribution in [0.25, 0.3) is 0 Å². The van der Waals surface area contributed by atoms with E-state index in [2.05, 4.69) is 9.71 Å². The molecule has 7 nitrogen and oxygen atoms in total. The minimum Gasteiger partial charge on any atom is -0.369 e. The van der Waals surface area contributed by atoms with Crippen LogP contribution >= 0.6 is 0 Å². The second kappa shape index (κ2) is 7.27. The van der Waals surface area contributed by atoms with E-state index in [4.69, 9.17) is 5.73 Å². The molecule has 1 aromatic rings. The van der Waals surface area contributed by atoms with Crippen molar-refractivity contribution >= 4 is 21.7 Å². The Kier molecular flexibility index (Phi) is 5.59. The summed E-state index contributed by atoms with van der Waals surface area (Å²) in [6.45, 7) is 5.08. The highest BCUT2D eigenvalue weighted by atomic mass is 32.2. The Morgan fingerprint density at radius 2 is 2.26 bits per heavy atom. The van der Waals surface area contributed by atoms with Gasteiger partial charge in [-0.25, -0.2) is 18.1 Å². The fourth-order valence-electron chi connectivity index (χ4n) is 2.74. The summed E-state index contributed by atoms with van der Waals surface area (Å²) in [5.74, 6) is 0.187. The normalized spacial score (nSPS) is 19.7. The molecular weight excluding hydrogens is 316 g/mol. The number of primary amides is 1. The van der Waals surface area contributed by atoms with Gasteiger partial charge in [-0.3, -0.25) is 4.79 Å². The van der Waals surface area contributed by atoms with Gasteiger partial charge in [-0.1, -0.05) is 13.3 Å². The van der Waals surface area contributed by atoms with Crippen molar-refractivity contribution in [2.24, 2.45) is 11.7 Å². The number of sulfonamides is 1. The second-order valence-electron chi connectivity index (χ2n) is 6.00. The predicted octanol–water partition coefficient (Wildman–Crippen LogP) is 0.860. The summed E-state index contributed by atoms with van der Waals surface area (Å²) in [4.78, 5) is 17.5. The van der Waals surface area contributed by atoms with Crippen LogP contribution in [-0.2, 0) is 14.8 Å². The van der Waals surface area contributed by atoms with Gasteiger partial charge in [0.15, 0.2) is 0 Å². The first-order valence-electron chi connectivity index (χ1n) is 7.86. The first kappa shape index (κ1) is 17.7. The molecule has 0 radical (unpaired) electrons. The van der Waals surface area contributed by atoms with Crippen LogP contribution in [0.5, 0.6) is 0 Å². The molecule has 1 aliphatic heterocycles. The second-order valence-corrected chi connectivity index (χ2v) is 7.71. The molecule has 8 heteroatoms. The number of carbonyl (C=O) groups is 1. The first-order chi connectivity index (χ1) is 10.8. The molecular formula is C15H24N4O3S. The Bertz CT molecular complexity index is 645. The van der Waals surface area contributed by atoms with Crippen LogP contribution in [0, 0.1) is 5.92 Å². The molecule has 1 aromatic heterocycles. The van der Waals surface area contributed by atoms with Crippen molar-refractivity contribution in [3.63, 3.8) is 0 Å². The Morgan fingerprint density at radius 3 is 2.78 bits per heavy atom. The molecule has 23 heavy (non-hydrogen) atoms. The van der Waals surface area contributed by atoms with Crippen LogP contribution in [-0.4, -0.2) is 38.4 Å². The number of anilines is 1. The zero-order valence-electron chi connectivity index (χ0n) is 13.5. The fourth-order valence-corrected chi connectivity index (χ4v) is 3.97. The highest BCUT2D eigenvalue weighted by molar-refractivity contribution is 7.89. The van der Waals surface area contributed by atoms with Crippen molar-refractivity contribution in [3.8, 4) is 0 Å². The largest absolute Gasteiger partial charge is 0.369 e. The Balaban J connectivity index is 2.06. The van der Waals surface area contributed by atoms with Gasteiger partial charge in [-0.15, -0.1) is 0 Å². The lowest BCUT2D eigenvalue weighted by atomic mass is 10.1. The quantitative estimate of drug-likeness (QED) is 0.766. The van der Waals surface area contributed by atoms with Gasteiger partial charge in [0, 0.05) is 25.3 Å². The molecule has 0 bridgehead atoms. The third-order valence-electron chi connectivity index (χ3n) is 4.02. The van der Waals surface area contributed by atoms with E-state index in [1.165, 1.54) is 6.20 Å². The van der Waals surface area contributed by atoms with Gasteiger partial charge in [-0.2, -0.15) is 0 Å². The van der Waals surface area contributed by atoms with E-state index in [1.807, 2.05) is 18.7 Å². The molecule has 3 N–H and O–H groups in total. The average molecular weight is 340 g/mol. The minimum absolute atomic E-state index is 0.111. The summed E-state index contributed by atoms with van der Waals surface area (Å²) in [5.41, 5.74) is 5.32. The van der Waals surface area contributed by atoms with Gasteiger partial charge in [0.1, 0.15) is 10.7 Å². The van der Waals surface area contributed by atoms with Gasteiger partial charge in [0.2, 0.25) is 15.9 Å². The zero-order valence-corrected chi connectivity index (χ0v) is 14.3. The Labute approximate surface area is 137 Å². The molecule has 0 saturated carbocycles. The molecule has 2 heterocycles. The Hall–Kier alpha value is -1.67. The van der Waals surface area contributed by atoms with Crippen LogP contribution in [0.2, 0.25) is 0 Å². The number of aromatic nitrogens is 1. The van der Waals surface area contributed by atoms with E-state index < -0.39 is 10.0 Å². The summed E-state index contributed by atoms with van der Waals surface area (Å²) < 4.78 is 27.2. The molecule has 1 amide bonds. The maximum Gasteiger partial charge on any atom is 0.242 e. The standard InChI is InChI=1S/C15H24N4O3S/c1-3-4-11(2)18-23(21,22)13-5-6-14(17-9-13)19-8-7-12(10-19)15(16)20/h5-6,9,11-12,18H,3-4,7-8,10H2,1-2H3,(H2,16,20)/t11-,12-/m1/s1. The number of pyridine rings is 1. The third-order valence-corrected chi connectivity index (χ3v) is 5.60. The van der Waals surface area contributed by atoms with Crippen LogP contribution in [0.3, 0.4) is 0 Å². The van der Waals surface area contributed by atoms with E-state index in [9.17, 15) is 13.2 Å². The molecule has 128 valence electrons. The van der Waals surface area contributed by atoms with Crippen LogP contribution in [0.15, 0.2) is 23.2 Å². The maximum atomic E-state index is 12.3. The number of hydrogen-bond donors (Lipinski definition) is 2. The highest BCUT2D eigenvalue weighted by Gasteiger charge is 2.27. The summed E-state index contributed by atoms with van der Waals surface area (Å²) in [7, 11) is -3.55. The van der Waals surface area contributed by atoms with Gasteiger partial charge < -0.3 is 10.6 Å². The topological polar surface area (TPSA) is 105 Å². The average Bonchev–Trinajstić information content (AvgIpc) is 2.97. The number of hydrogen-bond acceptors (Lipinski definition) is 5. The minimum atomic E-state index is -3.55. The lowest BCUT2D eigenvalue weighted by Gasteiger charge is -2.18. The smallest absolute Gasteiger partial charge is 0.242 e. The summed E-state index contributed by atoms with van der Waals surface area (Å²) in [6.07, 6.45) is 3.75. The third kappa shape index (κ3) is 4.42. The first-order valence-corrected chi connectivity index (χ1v) is 9.34. The van der Waals surface area contributed by atoms with Crippen molar-refractivity contribution in [1.82, 2.24) is 9.71 Å². The van der Waals surface area contributed by atoms with Crippen LogP contribution < -0.4 is 15.4 Å². The number of amides is 1. The fraction of sp³-hybridized carbons (Fsp3) is 0.600.